The summed E-state index contributed by atoms with van der Waals surface area (Å²) in [6, 6.07) is 11.2. The maximum atomic E-state index is 14.1. The number of hydrogen-bond donors (Lipinski definition) is 2. The molecule has 4 aromatic rings. The largest absolute Gasteiger partial charge is 0.347 e. The number of thiazole rings is 1. The zero-order chi connectivity index (χ0) is 26.2. The van der Waals surface area contributed by atoms with Crippen molar-refractivity contribution < 1.29 is 22.4 Å². The van der Waals surface area contributed by atoms with Crippen molar-refractivity contribution in [3.8, 4) is 11.4 Å². The molecular formula is C24H23FN6O4S2. The quantitative estimate of drug-likeness (QED) is 0.361. The number of rotatable bonds is 6. The first kappa shape index (κ1) is 24.8. The number of aryl methyl sites for hydroxylation is 1. The van der Waals surface area contributed by atoms with Crippen molar-refractivity contribution in [2.75, 3.05) is 29.0 Å². The predicted molar refractivity (Wildman–Crippen MR) is 139 cm³/mol. The number of fused-ring (bicyclic) bond motifs is 2. The summed E-state index contributed by atoms with van der Waals surface area (Å²) >= 11 is 1.34. The Labute approximate surface area is 216 Å². The molecule has 2 N–H and O–H groups in total. The van der Waals surface area contributed by atoms with Gasteiger partial charge in [-0.25, -0.2) is 17.3 Å². The lowest BCUT2D eigenvalue weighted by atomic mass is 10.0. The predicted octanol–water partition coefficient (Wildman–Crippen LogP) is 2.61. The summed E-state index contributed by atoms with van der Waals surface area (Å²) in [5.41, 5.74) is 2.77. The maximum Gasteiger partial charge on any atom is 0.313 e. The van der Waals surface area contributed by atoms with Crippen LogP contribution in [0.15, 0.2) is 47.8 Å². The number of nitrogens with one attached hydrogen (secondary N) is 2. The van der Waals surface area contributed by atoms with Crippen molar-refractivity contribution in [1.29, 1.82) is 0 Å². The van der Waals surface area contributed by atoms with Crippen molar-refractivity contribution in [1.82, 2.24) is 19.9 Å². The molecule has 2 amide bonds. The minimum Gasteiger partial charge on any atom is -0.347 e. The second kappa shape index (κ2) is 9.90. The topological polar surface area (TPSA) is 126 Å². The molecule has 13 heteroatoms. The molecule has 2 aromatic heterocycles. The molecule has 192 valence electrons. The van der Waals surface area contributed by atoms with Gasteiger partial charge in [-0.3, -0.25) is 13.9 Å². The van der Waals surface area contributed by atoms with Gasteiger partial charge < -0.3 is 10.6 Å². The Morgan fingerprint density at radius 3 is 2.76 bits per heavy atom. The molecule has 5 rings (SSSR count). The summed E-state index contributed by atoms with van der Waals surface area (Å²) in [6.07, 6.45) is 2.96. The third kappa shape index (κ3) is 5.18. The van der Waals surface area contributed by atoms with E-state index in [2.05, 4.69) is 20.7 Å². The average Bonchev–Trinajstić information content (AvgIpc) is 3.45. The zero-order valence-corrected chi connectivity index (χ0v) is 21.4. The lowest BCUT2D eigenvalue weighted by Crippen LogP contribution is -2.37. The summed E-state index contributed by atoms with van der Waals surface area (Å²) in [4.78, 5) is 29.8. The highest BCUT2D eigenvalue weighted by Crippen LogP contribution is 2.31. The lowest BCUT2D eigenvalue weighted by molar-refractivity contribution is -0.136. The molecule has 0 unspecified atom stereocenters. The van der Waals surface area contributed by atoms with Gasteiger partial charge in [-0.15, -0.1) is 16.4 Å². The Bertz CT molecular complexity index is 1610. The van der Waals surface area contributed by atoms with E-state index >= 15 is 0 Å². The van der Waals surface area contributed by atoms with Gasteiger partial charge in [0.05, 0.1) is 23.2 Å². The van der Waals surface area contributed by atoms with Crippen LogP contribution in [0.5, 0.6) is 0 Å². The Kier molecular flexibility index (Phi) is 6.65. The molecule has 37 heavy (non-hydrogen) atoms. The summed E-state index contributed by atoms with van der Waals surface area (Å²) in [7, 11) is -3.45. The van der Waals surface area contributed by atoms with Gasteiger partial charge in [0.2, 0.25) is 15.0 Å². The van der Waals surface area contributed by atoms with E-state index in [1.54, 1.807) is 40.9 Å². The van der Waals surface area contributed by atoms with E-state index < -0.39 is 27.7 Å². The van der Waals surface area contributed by atoms with Gasteiger partial charge in [0.15, 0.2) is 5.82 Å². The number of nitrogens with zero attached hydrogens (tertiary/aromatic N) is 4. The number of sulfonamides is 1. The Balaban J connectivity index is 1.21. The van der Waals surface area contributed by atoms with Gasteiger partial charge in [0, 0.05) is 30.6 Å². The Morgan fingerprint density at radius 2 is 1.97 bits per heavy atom. The van der Waals surface area contributed by atoms with Crippen molar-refractivity contribution >= 4 is 49.5 Å². The van der Waals surface area contributed by atoms with Gasteiger partial charge in [0.25, 0.3) is 0 Å². The molecule has 0 bridgehead atoms. The van der Waals surface area contributed by atoms with Gasteiger partial charge >= 0.3 is 11.8 Å². The van der Waals surface area contributed by atoms with Crippen LogP contribution in [0.4, 0.5) is 15.8 Å². The average molecular weight is 543 g/mol. The zero-order valence-electron chi connectivity index (χ0n) is 19.8. The standard InChI is InChI=1S/C24H23FN6O4S2/c1-37(34,35)30-12-4-5-15-8-9-16(13-20(15)30)27-23(33)22(32)26-11-10-17-14-36-24-28-21(29-31(17)24)18-6-2-3-7-19(18)25/h2-3,6-9,13-14H,4-5,10-12H2,1H3,(H,26,32)(H,27,33). The van der Waals surface area contributed by atoms with Crippen LogP contribution in [0.3, 0.4) is 0 Å². The number of amides is 2. The molecule has 3 heterocycles. The normalized spacial score (nSPS) is 13.4. The lowest BCUT2D eigenvalue weighted by Gasteiger charge is -2.29. The fraction of sp³-hybridized carbons (Fsp3) is 0.250. The third-order valence-electron chi connectivity index (χ3n) is 5.96. The smallest absolute Gasteiger partial charge is 0.313 e. The van der Waals surface area contributed by atoms with E-state index in [0.29, 0.717) is 41.3 Å². The van der Waals surface area contributed by atoms with Crippen molar-refractivity contribution in [2.24, 2.45) is 0 Å². The van der Waals surface area contributed by atoms with Crippen LogP contribution in [-0.2, 0) is 32.5 Å². The number of carbonyl (C=O) groups is 2. The number of hydrogen-bond acceptors (Lipinski definition) is 7. The van der Waals surface area contributed by atoms with E-state index in [9.17, 15) is 22.4 Å². The Morgan fingerprint density at radius 1 is 1.16 bits per heavy atom. The highest BCUT2D eigenvalue weighted by atomic mass is 32.2. The van der Waals surface area contributed by atoms with Crippen molar-refractivity contribution in [3.63, 3.8) is 0 Å². The second-order valence-electron chi connectivity index (χ2n) is 8.58. The summed E-state index contributed by atoms with van der Waals surface area (Å²) in [5, 5.41) is 11.3. The highest BCUT2D eigenvalue weighted by Gasteiger charge is 2.25. The fourth-order valence-corrected chi connectivity index (χ4v) is 6.03. The molecule has 0 radical (unpaired) electrons. The number of halogens is 1. The molecule has 0 saturated heterocycles. The molecule has 0 fully saturated rings. The van der Waals surface area contributed by atoms with E-state index in [1.807, 2.05) is 5.38 Å². The van der Waals surface area contributed by atoms with E-state index in [0.717, 1.165) is 23.9 Å². The molecule has 10 nitrogen and oxygen atoms in total. The second-order valence-corrected chi connectivity index (χ2v) is 11.3. The van der Waals surface area contributed by atoms with Crippen LogP contribution < -0.4 is 14.9 Å². The first-order chi connectivity index (χ1) is 17.7. The number of anilines is 2. The molecule has 0 atom stereocenters. The van der Waals surface area contributed by atoms with E-state index in [-0.39, 0.29) is 12.4 Å². The van der Waals surface area contributed by atoms with Crippen LogP contribution in [0.1, 0.15) is 17.7 Å². The fourth-order valence-electron chi connectivity index (χ4n) is 4.19. The summed E-state index contributed by atoms with van der Waals surface area (Å²) in [6.45, 7) is 0.534. The van der Waals surface area contributed by atoms with Gasteiger partial charge in [0.1, 0.15) is 5.82 Å². The van der Waals surface area contributed by atoms with Crippen LogP contribution in [0.25, 0.3) is 16.3 Å². The first-order valence-electron chi connectivity index (χ1n) is 11.5. The third-order valence-corrected chi connectivity index (χ3v) is 8.00. The molecule has 2 aromatic carbocycles. The van der Waals surface area contributed by atoms with Crippen molar-refractivity contribution in [3.05, 3.63) is 64.9 Å². The minimum atomic E-state index is -3.45. The first-order valence-corrected chi connectivity index (χ1v) is 14.2. The maximum absolute atomic E-state index is 14.1. The van der Waals surface area contributed by atoms with Crippen LogP contribution >= 0.6 is 11.3 Å². The number of aromatic nitrogens is 3. The molecule has 0 spiro atoms. The molecule has 1 aliphatic heterocycles. The Hall–Kier alpha value is -3.84. The molecule has 0 aliphatic carbocycles. The minimum absolute atomic E-state index is 0.166. The highest BCUT2D eigenvalue weighted by molar-refractivity contribution is 7.92. The number of benzene rings is 2. The monoisotopic (exact) mass is 542 g/mol. The van der Waals surface area contributed by atoms with Gasteiger partial charge in [-0.2, -0.15) is 4.98 Å². The summed E-state index contributed by atoms with van der Waals surface area (Å²) in [5.74, 6) is -1.83. The van der Waals surface area contributed by atoms with E-state index in [1.165, 1.54) is 21.7 Å². The molecule has 1 aliphatic rings. The van der Waals surface area contributed by atoms with E-state index in [4.69, 9.17) is 0 Å². The van der Waals surface area contributed by atoms with Crippen LogP contribution in [-0.4, -0.2) is 54.2 Å². The van der Waals surface area contributed by atoms with Crippen LogP contribution in [0.2, 0.25) is 0 Å². The van der Waals surface area contributed by atoms with Gasteiger partial charge in [-0.1, -0.05) is 18.2 Å². The summed E-state index contributed by atoms with van der Waals surface area (Å²) < 4.78 is 41.2. The van der Waals surface area contributed by atoms with Gasteiger partial charge in [-0.05, 0) is 42.7 Å². The van der Waals surface area contributed by atoms with Crippen LogP contribution in [0, 0.1) is 5.82 Å². The number of carbonyl (C=O) groups excluding carboxylic acids is 2. The SMILES string of the molecule is CS(=O)(=O)N1CCCc2ccc(NC(=O)C(=O)NCCc3csc4nc(-c5ccccc5F)nn34)cc21. The molecule has 0 saturated carbocycles. The van der Waals surface area contributed by atoms with Crippen molar-refractivity contribution in [2.45, 2.75) is 19.3 Å². The molecular weight excluding hydrogens is 519 g/mol.